The molecule has 1 aromatic carbocycles. The number of nitrogens with one attached hydrogen (secondary N) is 2. The number of amides is 2. The highest BCUT2D eigenvalue weighted by molar-refractivity contribution is 5.92. The summed E-state index contributed by atoms with van der Waals surface area (Å²) in [6.07, 6.45) is 9.63. The summed E-state index contributed by atoms with van der Waals surface area (Å²) in [7, 11) is 0. The van der Waals surface area contributed by atoms with E-state index in [1.807, 2.05) is 24.3 Å². The van der Waals surface area contributed by atoms with Crippen molar-refractivity contribution in [2.45, 2.75) is 39.0 Å². The standard InChI is InChI=1S/C20H29N3O2/c1-17(24)22-19-10-7-18(8-11-19)9-12-20(25)21-13-6-16-23-14-4-2-3-5-15-23/h7-12H,2-6,13-16H2,1H3,(H,21,25)(H,22,24)/b12-9+. The van der Waals surface area contributed by atoms with Crippen molar-refractivity contribution in [3.63, 3.8) is 0 Å². The van der Waals surface area contributed by atoms with Gasteiger partial charge in [-0.05, 0) is 62.7 Å². The molecule has 1 fully saturated rings. The van der Waals surface area contributed by atoms with Gasteiger partial charge in [-0.3, -0.25) is 9.59 Å². The van der Waals surface area contributed by atoms with Gasteiger partial charge in [0.25, 0.3) is 0 Å². The van der Waals surface area contributed by atoms with Gasteiger partial charge in [-0.15, -0.1) is 0 Å². The monoisotopic (exact) mass is 343 g/mol. The van der Waals surface area contributed by atoms with Crippen LogP contribution in [0.4, 0.5) is 5.69 Å². The topological polar surface area (TPSA) is 61.4 Å². The highest BCUT2D eigenvalue weighted by atomic mass is 16.2. The molecule has 0 unspecified atom stereocenters. The average molecular weight is 343 g/mol. The fourth-order valence-electron chi connectivity index (χ4n) is 2.99. The fourth-order valence-corrected chi connectivity index (χ4v) is 2.99. The van der Waals surface area contributed by atoms with Crippen molar-refractivity contribution in [1.29, 1.82) is 0 Å². The Kier molecular flexibility index (Phi) is 8.19. The number of likely N-dealkylation sites (tertiary alicyclic amines) is 1. The average Bonchev–Trinajstić information content (AvgIpc) is 2.86. The van der Waals surface area contributed by atoms with E-state index in [0.717, 1.165) is 24.2 Å². The van der Waals surface area contributed by atoms with Crippen LogP contribution in [0.15, 0.2) is 30.3 Å². The second-order valence-electron chi connectivity index (χ2n) is 6.54. The van der Waals surface area contributed by atoms with Crippen LogP contribution in [-0.2, 0) is 9.59 Å². The molecule has 1 heterocycles. The number of carbonyl (C=O) groups is 2. The van der Waals surface area contributed by atoms with Crippen molar-refractivity contribution in [2.24, 2.45) is 0 Å². The van der Waals surface area contributed by atoms with E-state index in [2.05, 4.69) is 15.5 Å². The smallest absolute Gasteiger partial charge is 0.243 e. The maximum Gasteiger partial charge on any atom is 0.243 e. The molecular formula is C20H29N3O2. The van der Waals surface area contributed by atoms with Crippen LogP contribution in [0.3, 0.4) is 0 Å². The molecule has 2 amide bonds. The summed E-state index contributed by atoms with van der Waals surface area (Å²) >= 11 is 0. The third-order valence-electron chi connectivity index (χ3n) is 4.31. The Morgan fingerprint density at radius 3 is 2.40 bits per heavy atom. The summed E-state index contributed by atoms with van der Waals surface area (Å²) in [6, 6.07) is 7.38. The van der Waals surface area contributed by atoms with Crippen LogP contribution in [0.1, 0.15) is 44.6 Å². The summed E-state index contributed by atoms with van der Waals surface area (Å²) in [5, 5.41) is 5.65. The molecule has 2 N–H and O–H groups in total. The molecule has 1 aliphatic rings. The number of nitrogens with zero attached hydrogens (tertiary/aromatic N) is 1. The predicted molar refractivity (Wildman–Crippen MR) is 102 cm³/mol. The van der Waals surface area contributed by atoms with Crippen molar-refractivity contribution in [2.75, 3.05) is 31.5 Å². The van der Waals surface area contributed by atoms with E-state index in [0.29, 0.717) is 6.54 Å². The maximum atomic E-state index is 11.9. The zero-order chi connectivity index (χ0) is 17.9. The predicted octanol–water partition coefficient (Wildman–Crippen LogP) is 3.04. The molecule has 136 valence electrons. The number of benzene rings is 1. The van der Waals surface area contributed by atoms with Crippen LogP contribution < -0.4 is 10.6 Å². The SMILES string of the molecule is CC(=O)Nc1ccc(/C=C/C(=O)NCCCN2CCCCCC2)cc1. The third kappa shape index (κ3) is 7.98. The minimum absolute atomic E-state index is 0.0678. The normalized spacial score (nSPS) is 15.7. The zero-order valence-electron chi connectivity index (χ0n) is 15.1. The van der Waals surface area contributed by atoms with Crippen molar-refractivity contribution < 1.29 is 9.59 Å². The molecule has 1 aliphatic heterocycles. The Hall–Kier alpha value is -2.14. The van der Waals surface area contributed by atoms with Gasteiger partial charge in [0.15, 0.2) is 0 Å². The summed E-state index contributed by atoms with van der Waals surface area (Å²) in [4.78, 5) is 25.3. The molecule has 0 atom stereocenters. The Labute approximate surface area is 150 Å². The van der Waals surface area contributed by atoms with Gasteiger partial charge < -0.3 is 15.5 Å². The molecule has 0 bridgehead atoms. The van der Waals surface area contributed by atoms with Crippen LogP contribution in [0.25, 0.3) is 6.08 Å². The summed E-state index contributed by atoms with van der Waals surface area (Å²) in [5.74, 6) is -0.162. The number of hydrogen-bond acceptors (Lipinski definition) is 3. The highest BCUT2D eigenvalue weighted by Crippen LogP contribution is 2.11. The molecule has 0 spiro atoms. The van der Waals surface area contributed by atoms with Crippen LogP contribution in [0, 0.1) is 0 Å². The zero-order valence-corrected chi connectivity index (χ0v) is 15.1. The van der Waals surface area contributed by atoms with E-state index in [4.69, 9.17) is 0 Å². The van der Waals surface area contributed by atoms with E-state index in [-0.39, 0.29) is 11.8 Å². The first-order chi connectivity index (χ1) is 12.1. The van der Waals surface area contributed by atoms with Crippen LogP contribution in [-0.4, -0.2) is 42.9 Å². The fraction of sp³-hybridized carbons (Fsp3) is 0.500. The van der Waals surface area contributed by atoms with Gasteiger partial charge in [-0.2, -0.15) is 0 Å². The Bertz CT molecular complexity index is 573. The number of anilines is 1. The van der Waals surface area contributed by atoms with Gasteiger partial charge in [-0.25, -0.2) is 0 Å². The van der Waals surface area contributed by atoms with Gasteiger partial charge in [0, 0.05) is 25.2 Å². The van der Waals surface area contributed by atoms with Crippen molar-refractivity contribution in [3.8, 4) is 0 Å². The van der Waals surface area contributed by atoms with Gasteiger partial charge >= 0.3 is 0 Å². The lowest BCUT2D eigenvalue weighted by Crippen LogP contribution is -2.30. The lowest BCUT2D eigenvalue weighted by Gasteiger charge is -2.19. The van der Waals surface area contributed by atoms with Crippen molar-refractivity contribution >= 4 is 23.6 Å². The minimum Gasteiger partial charge on any atom is -0.353 e. The van der Waals surface area contributed by atoms with Gasteiger partial charge in [-0.1, -0.05) is 25.0 Å². The van der Waals surface area contributed by atoms with E-state index >= 15 is 0 Å². The van der Waals surface area contributed by atoms with Crippen molar-refractivity contribution in [1.82, 2.24) is 10.2 Å². The van der Waals surface area contributed by atoms with Gasteiger partial charge in [0.05, 0.1) is 0 Å². The van der Waals surface area contributed by atoms with Gasteiger partial charge in [0.2, 0.25) is 11.8 Å². The molecule has 5 heteroatoms. The summed E-state index contributed by atoms with van der Waals surface area (Å²) in [6.45, 7) is 5.64. The van der Waals surface area contributed by atoms with Crippen LogP contribution in [0.2, 0.25) is 0 Å². The Morgan fingerprint density at radius 1 is 1.08 bits per heavy atom. The number of carbonyl (C=O) groups excluding carboxylic acids is 2. The van der Waals surface area contributed by atoms with Crippen LogP contribution >= 0.6 is 0 Å². The Balaban J connectivity index is 1.65. The molecule has 0 aliphatic carbocycles. The lowest BCUT2D eigenvalue weighted by molar-refractivity contribution is -0.116. The molecule has 0 aromatic heterocycles. The molecule has 1 aromatic rings. The summed E-state index contributed by atoms with van der Waals surface area (Å²) < 4.78 is 0. The molecule has 0 saturated carbocycles. The lowest BCUT2D eigenvalue weighted by atomic mass is 10.2. The van der Waals surface area contributed by atoms with E-state index in [1.165, 1.54) is 45.7 Å². The maximum absolute atomic E-state index is 11.9. The van der Waals surface area contributed by atoms with E-state index in [1.54, 1.807) is 12.2 Å². The summed E-state index contributed by atoms with van der Waals surface area (Å²) in [5.41, 5.74) is 1.68. The molecule has 5 nitrogen and oxygen atoms in total. The van der Waals surface area contributed by atoms with Gasteiger partial charge in [0.1, 0.15) is 0 Å². The number of rotatable bonds is 7. The first-order valence-corrected chi connectivity index (χ1v) is 9.19. The molecule has 2 rings (SSSR count). The molecule has 25 heavy (non-hydrogen) atoms. The van der Waals surface area contributed by atoms with Crippen molar-refractivity contribution in [3.05, 3.63) is 35.9 Å². The largest absolute Gasteiger partial charge is 0.353 e. The third-order valence-corrected chi connectivity index (χ3v) is 4.31. The van der Waals surface area contributed by atoms with E-state index in [9.17, 15) is 9.59 Å². The van der Waals surface area contributed by atoms with E-state index < -0.39 is 0 Å². The highest BCUT2D eigenvalue weighted by Gasteiger charge is 2.08. The quantitative estimate of drug-likeness (QED) is 0.591. The second kappa shape index (κ2) is 10.7. The first kappa shape index (κ1) is 19.2. The minimum atomic E-state index is -0.0946. The van der Waals surface area contributed by atoms with Crippen LogP contribution in [0.5, 0.6) is 0 Å². The Morgan fingerprint density at radius 2 is 1.76 bits per heavy atom. The molecular weight excluding hydrogens is 314 g/mol. The second-order valence-corrected chi connectivity index (χ2v) is 6.54. The number of hydrogen-bond donors (Lipinski definition) is 2. The molecule has 1 saturated heterocycles. The first-order valence-electron chi connectivity index (χ1n) is 9.19. The molecule has 0 radical (unpaired) electrons.